The smallest absolute Gasteiger partial charge is 0.257 e. The Morgan fingerprint density at radius 2 is 1.80 bits per heavy atom. The van der Waals surface area contributed by atoms with E-state index in [1.165, 1.54) is 12.1 Å². The maximum absolute atomic E-state index is 11.8. The minimum Gasteiger partial charge on any atom is -0.483 e. The molecule has 1 amide bonds. The van der Waals surface area contributed by atoms with Gasteiger partial charge >= 0.3 is 0 Å². The van der Waals surface area contributed by atoms with Gasteiger partial charge in [-0.25, -0.2) is 13.6 Å². The molecule has 25 heavy (non-hydrogen) atoms. The van der Waals surface area contributed by atoms with Crippen LogP contribution in [0.4, 0.5) is 0 Å². The van der Waals surface area contributed by atoms with Crippen LogP contribution in [0, 0.1) is 0 Å². The summed E-state index contributed by atoms with van der Waals surface area (Å²) in [6.07, 6.45) is 1.19. The molecule has 0 radical (unpaired) electrons. The predicted octanol–water partition coefficient (Wildman–Crippen LogP) is 0.884. The van der Waals surface area contributed by atoms with E-state index in [-0.39, 0.29) is 17.4 Å². The summed E-state index contributed by atoms with van der Waals surface area (Å²) in [5.41, 5.74) is 1.24. The van der Waals surface area contributed by atoms with Crippen molar-refractivity contribution in [3.8, 4) is 5.75 Å². The van der Waals surface area contributed by atoms with Gasteiger partial charge in [0, 0.05) is 6.54 Å². The molecule has 3 N–H and O–H groups in total. The van der Waals surface area contributed by atoms with Crippen LogP contribution in [0.5, 0.6) is 5.75 Å². The van der Waals surface area contributed by atoms with Crippen LogP contribution < -0.4 is 15.2 Å². The Hall–Kier alpha value is -2.71. The highest BCUT2D eigenvalue weighted by atomic mass is 32.2. The number of carbonyl (C=O) groups excluding carboxylic acids is 2. The van der Waals surface area contributed by atoms with Gasteiger partial charge in [0.2, 0.25) is 10.0 Å². The highest BCUT2D eigenvalue weighted by Crippen LogP contribution is 2.15. The van der Waals surface area contributed by atoms with Crippen LogP contribution in [0.3, 0.4) is 0 Å². The third-order valence-electron chi connectivity index (χ3n) is 3.39. The van der Waals surface area contributed by atoms with Crippen molar-refractivity contribution in [2.45, 2.75) is 11.3 Å². The first-order chi connectivity index (χ1) is 11.9. The van der Waals surface area contributed by atoms with E-state index in [1.54, 1.807) is 36.4 Å². The molecule has 8 heteroatoms. The number of sulfonamides is 1. The first kappa shape index (κ1) is 18.6. The van der Waals surface area contributed by atoms with Crippen molar-refractivity contribution >= 4 is 22.2 Å². The van der Waals surface area contributed by atoms with Gasteiger partial charge in [-0.15, -0.1) is 0 Å². The number of benzene rings is 2. The number of nitrogens with one attached hydrogen (secondary N) is 1. The average Bonchev–Trinajstić information content (AvgIpc) is 2.60. The predicted molar refractivity (Wildman–Crippen MR) is 91.9 cm³/mol. The fourth-order valence-electron chi connectivity index (χ4n) is 2.10. The van der Waals surface area contributed by atoms with Gasteiger partial charge in [-0.2, -0.15) is 0 Å². The summed E-state index contributed by atoms with van der Waals surface area (Å²) in [5.74, 6) is 0.0353. The maximum Gasteiger partial charge on any atom is 0.257 e. The summed E-state index contributed by atoms with van der Waals surface area (Å²) in [5, 5.41) is 7.72. The Labute approximate surface area is 145 Å². The van der Waals surface area contributed by atoms with Crippen LogP contribution in [-0.4, -0.2) is 33.8 Å². The van der Waals surface area contributed by atoms with Crippen molar-refractivity contribution in [1.82, 2.24) is 5.32 Å². The van der Waals surface area contributed by atoms with Crippen LogP contribution in [-0.2, 0) is 21.2 Å². The topological polar surface area (TPSA) is 116 Å². The summed E-state index contributed by atoms with van der Waals surface area (Å²) >= 11 is 0. The summed E-state index contributed by atoms with van der Waals surface area (Å²) in [4.78, 5) is 22.7. The Kier molecular flexibility index (Phi) is 6.26. The molecule has 0 aromatic heterocycles. The van der Waals surface area contributed by atoms with Crippen LogP contribution in [0.1, 0.15) is 15.9 Å². The SMILES string of the molecule is NS(=O)(=O)c1ccc(CCNC(=O)COc2ccccc2C=O)cc1. The Bertz CT molecular complexity index is 848. The molecule has 0 aliphatic heterocycles. The molecule has 2 aromatic rings. The first-order valence-corrected chi connectivity index (χ1v) is 9.00. The number of amides is 1. The van der Waals surface area contributed by atoms with E-state index in [9.17, 15) is 18.0 Å². The minimum atomic E-state index is -3.70. The molecule has 0 spiro atoms. The molecule has 0 saturated heterocycles. The first-order valence-electron chi connectivity index (χ1n) is 7.45. The van der Waals surface area contributed by atoms with E-state index < -0.39 is 10.0 Å². The van der Waals surface area contributed by atoms with Crippen LogP contribution in [0.2, 0.25) is 0 Å². The molecule has 0 saturated carbocycles. The maximum atomic E-state index is 11.8. The van der Waals surface area contributed by atoms with Crippen molar-refractivity contribution in [2.24, 2.45) is 5.14 Å². The number of primary sulfonamides is 1. The normalized spacial score (nSPS) is 10.9. The number of rotatable bonds is 8. The van der Waals surface area contributed by atoms with Crippen molar-refractivity contribution in [3.05, 3.63) is 59.7 Å². The molecule has 0 fully saturated rings. The quantitative estimate of drug-likeness (QED) is 0.677. The van der Waals surface area contributed by atoms with Gasteiger partial charge in [0.25, 0.3) is 5.91 Å². The molecule has 0 bridgehead atoms. The summed E-state index contributed by atoms with van der Waals surface area (Å²) in [7, 11) is -3.70. The number of hydrogen-bond donors (Lipinski definition) is 2. The molecule has 0 atom stereocenters. The number of hydrogen-bond acceptors (Lipinski definition) is 5. The molecule has 7 nitrogen and oxygen atoms in total. The zero-order chi connectivity index (χ0) is 18.3. The molecule has 132 valence electrons. The summed E-state index contributed by atoms with van der Waals surface area (Å²) in [6.45, 7) is 0.168. The van der Waals surface area contributed by atoms with Crippen LogP contribution in [0.25, 0.3) is 0 Å². The fraction of sp³-hybridized carbons (Fsp3) is 0.176. The number of ether oxygens (including phenoxy) is 1. The molecule has 0 aliphatic rings. The fourth-order valence-corrected chi connectivity index (χ4v) is 2.61. The highest BCUT2D eigenvalue weighted by molar-refractivity contribution is 7.89. The number of carbonyl (C=O) groups is 2. The molecule has 0 aliphatic carbocycles. The van der Waals surface area contributed by atoms with Crippen molar-refractivity contribution < 1.29 is 22.7 Å². The van der Waals surface area contributed by atoms with Gasteiger partial charge in [0.1, 0.15) is 5.75 Å². The Morgan fingerprint density at radius 1 is 1.12 bits per heavy atom. The zero-order valence-corrected chi connectivity index (χ0v) is 14.2. The lowest BCUT2D eigenvalue weighted by Crippen LogP contribution is -2.30. The lowest BCUT2D eigenvalue weighted by atomic mass is 10.1. The molecule has 0 unspecified atom stereocenters. The van der Waals surface area contributed by atoms with Gasteiger partial charge in [-0.3, -0.25) is 9.59 Å². The van der Waals surface area contributed by atoms with Gasteiger partial charge in [0.05, 0.1) is 10.5 Å². The van der Waals surface area contributed by atoms with Crippen molar-refractivity contribution in [1.29, 1.82) is 0 Å². The second kappa shape index (κ2) is 8.41. The standard InChI is InChI=1S/C17H18N2O5S/c18-25(22,23)15-7-5-13(6-8-15)9-10-19-17(21)12-24-16-4-2-1-3-14(16)11-20/h1-8,11H,9-10,12H2,(H,19,21)(H2,18,22,23). The molecule has 0 heterocycles. The number of para-hydroxylation sites is 1. The second-order valence-corrected chi connectivity index (χ2v) is 6.79. The largest absolute Gasteiger partial charge is 0.483 e. The lowest BCUT2D eigenvalue weighted by Gasteiger charge is -2.09. The van der Waals surface area contributed by atoms with E-state index in [4.69, 9.17) is 9.88 Å². The van der Waals surface area contributed by atoms with E-state index in [2.05, 4.69) is 5.32 Å². The van der Waals surface area contributed by atoms with E-state index in [0.717, 1.165) is 5.56 Å². The van der Waals surface area contributed by atoms with Crippen LogP contribution >= 0.6 is 0 Å². The highest BCUT2D eigenvalue weighted by Gasteiger charge is 2.08. The summed E-state index contributed by atoms with van der Waals surface area (Å²) in [6, 6.07) is 12.8. The molecular weight excluding hydrogens is 344 g/mol. The van der Waals surface area contributed by atoms with E-state index >= 15 is 0 Å². The van der Waals surface area contributed by atoms with Gasteiger partial charge in [0.15, 0.2) is 12.9 Å². The van der Waals surface area contributed by atoms with E-state index in [0.29, 0.717) is 30.6 Å². The zero-order valence-electron chi connectivity index (χ0n) is 13.3. The van der Waals surface area contributed by atoms with Crippen molar-refractivity contribution in [2.75, 3.05) is 13.2 Å². The number of nitrogens with two attached hydrogens (primary N) is 1. The lowest BCUT2D eigenvalue weighted by molar-refractivity contribution is -0.123. The van der Waals surface area contributed by atoms with Gasteiger partial charge < -0.3 is 10.1 Å². The average molecular weight is 362 g/mol. The Balaban J connectivity index is 1.78. The van der Waals surface area contributed by atoms with Crippen molar-refractivity contribution in [3.63, 3.8) is 0 Å². The monoisotopic (exact) mass is 362 g/mol. The number of aldehydes is 1. The third kappa shape index (κ3) is 5.70. The molecular formula is C17H18N2O5S. The molecule has 2 rings (SSSR count). The Morgan fingerprint density at radius 3 is 2.44 bits per heavy atom. The van der Waals surface area contributed by atoms with Gasteiger partial charge in [-0.05, 0) is 36.2 Å². The molecule has 2 aromatic carbocycles. The second-order valence-electron chi connectivity index (χ2n) is 5.23. The van der Waals surface area contributed by atoms with E-state index in [1.807, 2.05) is 0 Å². The van der Waals surface area contributed by atoms with Crippen LogP contribution in [0.15, 0.2) is 53.4 Å². The third-order valence-corrected chi connectivity index (χ3v) is 4.32. The minimum absolute atomic E-state index is 0.0440. The van der Waals surface area contributed by atoms with Gasteiger partial charge in [-0.1, -0.05) is 24.3 Å². The summed E-state index contributed by atoms with van der Waals surface area (Å²) < 4.78 is 27.7.